The molecule has 0 radical (unpaired) electrons. The molecule has 1 saturated heterocycles. The monoisotopic (exact) mass is 1080 g/mol. The Hall–Kier alpha value is -4.10. The molecule has 0 spiro atoms. The number of aliphatic hydroxyl groups excluding tert-OH is 2. The fourth-order valence-electron chi connectivity index (χ4n) is 8.80. The molecule has 0 aromatic carbocycles. The van der Waals surface area contributed by atoms with Gasteiger partial charge in [-0.15, -0.1) is 0 Å². The van der Waals surface area contributed by atoms with Crippen LogP contribution >= 0.6 is 0 Å². The van der Waals surface area contributed by atoms with Gasteiger partial charge in [0.2, 0.25) is 0 Å². The minimum atomic E-state index is -1.93. The molecule has 440 valence electrons. The summed E-state index contributed by atoms with van der Waals surface area (Å²) in [5.41, 5.74) is 0. The second kappa shape index (κ2) is 52.6. The zero-order valence-electron chi connectivity index (χ0n) is 48.4. The van der Waals surface area contributed by atoms with Crippen LogP contribution in [0.1, 0.15) is 252 Å². The number of rotatable bonds is 51. The smallest absolute Gasteiger partial charge is 0.335 e. The van der Waals surface area contributed by atoms with Crippen LogP contribution in [0.2, 0.25) is 0 Å². The normalized spacial score (nSPS) is 18.6. The maximum atomic E-state index is 13.1. The van der Waals surface area contributed by atoms with Crippen molar-refractivity contribution in [3.8, 4) is 0 Å². The number of aliphatic carboxylic acids is 1. The van der Waals surface area contributed by atoms with Crippen molar-refractivity contribution < 1.29 is 58.2 Å². The van der Waals surface area contributed by atoms with Crippen LogP contribution in [-0.2, 0) is 42.9 Å². The first-order valence-electron chi connectivity index (χ1n) is 30.6. The summed E-state index contributed by atoms with van der Waals surface area (Å²) >= 11 is 0. The fraction of sp³-hybridized carbons (Fsp3) is 0.723. The van der Waals surface area contributed by atoms with Crippen molar-refractivity contribution in [2.24, 2.45) is 0 Å². The molecular weight excluding hydrogens is 973 g/mol. The number of esters is 3. The Bertz CT molecular complexity index is 1660. The lowest BCUT2D eigenvalue weighted by molar-refractivity contribution is -0.301. The van der Waals surface area contributed by atoms with Gasteiger partial charge in [-0.25, -0.2) is 4.79 Å². The molecule has 12 heteroatoms. The van der Waals surface area contributed by atoms with Crippen LogP contribution < -0.4 is 0 Å². The third kappa shape index (κ3) is 42.5. The molecule has 0 aromatic heterocycles. The van der Waals surface area contributed by atoms with E-state index in [1.807, 2.05) is 18.2 Å². The Labute approximate surface area is 467 Å². The lowest BCUT2D eigenvalue weighted by Gasteiger charge is -2.40. The van der Waals surface area contributed by atoms with E-state index in [1.54, 1.807) is 0 Å². The SMILES string of the molecule is CC/C=C\C/C=C\C/C=C\C/C=C\C/C=C\C/C=C\CCC(=O)OC1C(OCC(COC(=O)CCCCCCCCCCCCCCCCC)OC(=O)CCCCCCC/C=C\CCCCCC)OC(C(=O)O)C(O)C1O. The predicted octanol–water partition coefficient (Wildman–Crippen LogP) is 15.9. The lowest BCUT2D eigenvalue weighted by Crippen LogP contribution is -2.61. The van der Waals surface area contributed by atoms with E-state index in [9.17, 15) is 34.5 Å². The first-order valence-corrected chi connectivity index (χ1v) is 30.6. The summed E-state index contributed by atoms with van der Waals surface area (Å²) < 4.78 is 28.4. The molecular formula is C65H108O12. The number of unbranched alkanes of at least 4 members (excludes halogenated alkanes) is 23. The van der Waals surface area contributed by atoms with Gasteiger partial charge in [0.15, 0.2) is 24.6 Å². The minimum absolute atomic E-state index is 0.0671. The van der Waals surface area contributed by atoms with E-state index in [0.717, 1.165) is 89.9 Å². The average molecular weight is 1080 g/mol. The summed E-state index contributed by atoms with van der Waals surface area (Å²) in [6, 6.07) is 0. The maximum absolute atomic E-state index is 13.1. The fourth-order valence-corrected chi connectivity index (χ4v) is 8.80. The van der Waals surface area contributed by atoms with Crippen LogP contribution in [0.4, 0.5) is 0 Å². The second-order valence-corrected chi connectivity index (χ2v) is 20.6. The van der Waals surface area contributed by atoms with Gasteiger partial charge in [-0.05, 0) is 83.5 Å². The number of carbonyl (C=O) groups excluding carboxylic acids is 3. The van der Waals surface area contributed by atoms with Gasteiger partial charge in [-0.2, -0.15) is 0 Å². The zero-order valence-corrected chi connectivity index (χ0v) is 48.4. The number of allylic oxidation sites excluding steroid dienone is 14. The standard InChI is InChI=1S/C65H108O12/c1-4-7-10-13-16-19-22-25-27-28-29-30-32-35-38-41-44-47-50-53-59(68)76-63-61(70)60(69)62(64(71)72)77-65(63)74-55-56(75-58(67)52-49-46-43-40-37-33-24-21-18-15-12-9-6-3)54-73-57(66)51-48-45-42-39-36-34-31-26-23-20-17-14-11-8-5-2/h7,10,16,19,21,24-25,27,29-30,35,38,44,47,56,60-63,65,69-70H,4-6,8-9,11-15,17-18,20,22-23,26,28,31-34,36-37,39-43,45-46,48-55H2,1-3H3,(H,71,72)/b10-7-,19-16-,24-21-,27-25-,30-29-,38-35-,47-44-. The molecule has 1 fully saturated rings. The summed E-state index contributed by atoms with van der Waals surface area (Å²) in [4.78, 5) is 51.1. The first-order chi connectivity index (χ1) is 37.6. The van der Waals surface area contributed by atoms with Gasteiger partial charge in [0.05, 0.1) is 6.61 Å². The van der Waals surface area contributed by atoms with E-state index in [1.165, 1.54) is 96.3 Å². The van der Waals surface area contributed by atoms with E-state index in [2.05, 4.69) is 87.6 Å². The molecule has 0 aliphatic carbocycles. The molecule has 0 amide bonds. The predicted molar refractivity (Wildman–Crippen MR) is 312 cm³/mol. The Morgan fingerprint density at radius 1 is 0.442 bits per heavy atom. The third-order valence-electron chi connectivity index (χ3n) is 13.5. The van der Waals surface area contributed by atoms with E-state index < -0.39 is 67.3 Å². The Balaban J connectivity index is 2.72. The summed E-state index contributed by atoms with van der Waals surface area (Å²) in [7, 11) is 0. The van der Waals surface area contributed by atoms with Crippen molar-refractivity contribution >= 4 is 23.9 Å². The van der Waals surface area contributed by atoms with Crippen molar-refractivity contribution in [2.45, 2.75) is 289 Å². The summed E-state index contributed by atoms with van der Waals surface area (Å²) in [6.45, 7) is 5.84. The van der Waals surface area contributed by atoms with Crippen molar-refractivity contribution in [3.05, 3.63) is 85.1 Å². The van der Waals surface area contributed by atoms with E-state index in [-0.39, 0.29) is 25.9 Å². The van der Waals surface area contributed by atoms with Crippen molar-refractivity contribution in [2.75, 3.05) is 13.2 Å². The second-order valence-electron chi connectivity index (χ2n) is 20.6. The molecule has 1 heterocycles. The number of hydrogen-bond donors (Lipinski definition) is 3. The van der Waals surface area contributed by atoms with Gasteiger partial charge in [0.1, 0.15) is 18.8 Å². The van der Waals surface area contributed by atoms with Gasteiger partial charge >= 0.3 is 23.9 Å². The van der Waals surface area contributed by atoms with Crippen molar-refractivity contribution in [3.63, 3.8) is 0 Å². The highest BCUT2D eigenvalue weighted by molar-refractivity contribution is 5.74. The van der Waals surface area contributed by atoms with Gasteiger partial charge in [0, 0.05) is 19.3 Å². The number of aliphatic hydroxyl groups is 2. The summed E-state index contributed by atoms with van der Waals surface area (Å²) in [5, 5.41) is 31.5. The van der Waals surface area contributed by atoms with Gasteiger partial charge < -0.3 is 39.0 Å². The molecule has 1 aliphatic heterocycles. The topological polar surface area (TPSA) is 175 Å². The quantitative estimate of drug-likeness (QED) is 0.0228. The van der Waals surface area contributed by atoms with Gasteiger partial charge in [0.25, 0.3) is 0 Å². The maximum Gasteiger partial charge on any atom is 0.335 e. The van der Waals surface area contributed by atoms with Crippen LogP contribution in [0.3, 0.4) is 0 Å². The van der Waals surface area contributed by atoms with E-state index >= 15 is 0 Å². The number of carbonyl (C=O) groups is 4. The molecule has 1 rings (SSSR count). The first kappa shape index (κ1) is 70.9. The number of hydrogen-bond acceptors (Lipinski definition) is 11. The van der Waals surface area contributed by atoms with Gasteiger partial charge in [-0.1, -0.05) is 234 Å². The molecule has 12 nitrogen and oxygen atoms in total. The van der Waals surface area contributed by atoms with Crippen LogP contribution in [-0.4, -0.2) is 89.2 Å². The summed E-state index contributed by atoms with van der Waals surface area (Å²) in [5.74, 6) is -3.23. The molecule has 1 aliphatic rings. The van der Waals surface area contributed by atoms with Crippen molar-refractivity contribution in [1.82, 2.24) is 0 Å². The van der Waals surface area contributed by atoms with E-state index in [0.29, 0.717) is 25.7 Å². The highest BCUT2D eigenvalue weighted by Crippen LogP contribution is 2.26. The molecule has 77 heavy (non-hydrogen) atoms. The van der Waals surface area contributed by atoms with Crippen LogP contribution in [0, 0.1) is 0 Å². The molecule has 0 bridgehead atoms. The molecule has 6 unspecified atom stereocenters. The Kier molecular flexibility index (Phi) is 48.4. The van der Waals surface area contributed by atoms with Gasteiger partial charge in [-0.3, -0.25) is 14.4 Å². The number of carboxylic acid groups (broad SMARTS) is 1. The third-order valence-corrected chi connectivity index (χ3v) is 13.5. The molecule has 0 aromatic rings. The Morgan fingerprint density at radius 3 is 1.31 bits per heavy atom. The van der Waals surface area contributed by atoms with Crippen LogP contribution in [0.25, 0.3) is 0 Å². The average Bonchev–Trinajstić information content (AvgIpc) is 3.42. The van der Waals surface area contributed by atoms with E-state index in [4.69, 9.17) is 23.7 Å². The minimum Gasteiger partial charge on any atom is -0.479 e. The highest BCUT2D eigenvalue weighted by atomic mass is 16.7. The van der Waals surface area contributed by atoms with Crippen LogP contribution in [0.15, 0.2) is 85.1 Å². The lowest BCUT2D eigenvalue weighted by atomic mass is 9.98. The van der Waals surface area contributed by atoms with Crippen molar-refractivity contribution in [1.29, 1.82) is 0 Å². The largest absolute Gasteiger partial charge is 0.479 e. The zero-order chi connectivity index (χ0) is 56.1. The molecule has 3 N–H and O–H groups in total. The molecule has 6 atom stereocenters. The Morgan fingerprint density at radius 2 is 0.844 bits per heavy atom. The highest BCUT2D eigenvalue weighted by Gasteiger charge is 2.50. The number of ether oxygens (including phenoxy) is 5. The molecule has 0 saturated carbocycles. The summed E-state index contributed by atoms with van der Waals surface area (Å²) in [6.07, 6.45) is 55.6. The van der Waals surface area contributed by atoms with Crippen LogP contribution in [0.5, 0.6) is 0 Å². The number of carboxylic acids is 1.